The van der Waals surface area contributed by atoms with Crippen LogP contribution in [0.5, 0.6) is 0 Å². The zero-order chi connectivity index (χ0) is 19.1. The number of aliphatic hydroxyl groups excluding tert-OH is 3. The SMILES string of the molecule is [C-]#[N+][C@@H](O)C(OC(COC(C)(C)C)[C@@H](O)C(O)C#N)C(C)(C)OC. The van der Waals surface area contributed by atoms with Crippen LogP contribution in [0.3, 0.4) is 0 Å². The van der Waals surface area contributed by atoms with Gasteiger partial charge in [0.15, 0.2) is 12.2 Å². The molecule has 0 aliphatic carbocycles. The van der Waals surface area contributed by atoms with Crippen molar-refractivity contribution in [3.63, 3.8) is 0 Å². The lowest BCUT2D eigenvalue weighted by atomic mass is 9.99. The normalized spacial score (nSPS) is 18.8. The Kier molecular flexibility index (Phi) is 8.80. The Bertz CT molecular complexity index is 463. The van der Waals surface area contributed by atoms with Crippen molar-refractivity contribution in [1.29, 1.82) is 5.26 Å². The van der Waals surface area contributed by atoms with E-state index >= 15 is 0 Å². The van der Waals surface area contributed by atoms with Gasteiger partial charge < -0.3 is 29.5 Å². The largest absolute Gasteiger partial charge is 0.386 e. The smallest absolute Gasteiger partial charge is 0.354 e. The molecule has 0 aliphatic heterocycles. The van der Waals surface area contributed by atoms with Crippen LogP contribution in [0.2, 0.25) is 0 Å². The minimum absolute atomic E-state index is 0.148. The lowest BCUT2D eigenvalue weighted by Gasteiger charge is -2.36. The van der Waals surface area contributed by atoms with Gasteiger partial charge in [-0.15, -0.1) is 0 Å². The van der Waals surface area contributed by atoms with E-state index in [-0.39, 0.29) is 6.61 Å². The van der Waals surface area contributed by atoms with Crippen molar-refractivity contribution >= 4 is 0 Å². The van der Waals surface area contributed by atoms with E-state index in [1.165, 1.54) is 13.2 Å². The molecule has 0 saturated heterocycles. The van der Waals surface area contributed by atoms with E-state index in [2.05, 4.69) is 4.85 Å². The summed E-state index contributed by atoms with van der Waals surface area (Å²) in [6.07, 6.45) is -7.10. The summed E-state index contributed by atoms with van der Waals surface area (Å²) in [5, 5.41) is 38.5. The summed E-state index contributed by atoms with van der Waals surface area (Å²) in [7, 11) is 1.40. The topological polar surface area (TPSA) is 117 Å². The summed E-state index contributed by atoms with van der Waals surface area (Å²) in [6.45, 7) is 15.5. The predicted molar refractivity (Wildman–Crippen MR) is 85.7 cm³/mol. The maximum Gasteiger partial charge on any atom is 0.354 e. The molecule has 5 atom stereocenters. The number of hydrogen-bond donors (Lipinski definition) is 3. The van der Waals surface area contributed by atoms with Gasteiger partial charge in [-0.1, -0.05) is 0 Å². The molecule has 8 heteroatoms. The van der Waals surface area contributed by atoms with Crippen molar-refractivity contribution in [2.24, 2.45) is 0 Å². The number of hydrogen-bond acceptors (Lipinski definition) is 7. The van der Waals surface area contributed by atoms with Gasteiger partial charge in [0.25, 0.3) is 0 Å². The van der Waals surface area contributed by atoms with Crippen LogP contribution in [-0.4, -0.2) is 70.9 Å². The molecule has 0 amide bonds. The molecule has 24 heavy (non-hydrogen) atoms. The maximum absolute atomic E-state index is 10.1. The standard InChI is InChI=1S/C16H28N2O6/c1-15(2,3)23-9-11(12(20)10(19)8-17)24-13(14(21)18-6)16(4,5)22-7/h10-14,19-21H,9H2,1-5,7H3/t10?,11?,12-,13?,14-/m0/s1. The first-order valence-electron chi connectivity index (χ1n) is 7.54. The minimum Gasteiger partial charge on any atom is -0.386 e. The van der Waals surface area contributed by atoms with Crippen LogP contribution in [0.1, 0.15) is 34.6 Å². The summed E-state index contributed by atoms with van der Waals surface area (Å²) in [6, 6.07) is 1.53. The van der Waals surface area contributed by atoms with Crippen molar-refractivity contribution in [3.05, 3.63) is 11.4 Å². The molecule has 0 spiro atoms. The summed E-state index contributed by atoms with van der Waals surface area (Å²) in [4.78, 5) is 3.04. The molecule has 138 valence electrons. The van der Waals surface area contributed by atoms with Gasteiger partial charge in [-0.2, -0.15) is 5.26 Å². The molecule has 0 radical (unpaired) electrons. The fraction of sp³-hybridized carbons (Fsp3) is 0.875. The van der Waals surface area contributed by atoms with E-state index in [9.17, 15) is 15.3 Å². The van der Waals surface area contributed by atoms with E-state index in [1.807, 2.05) is 0 Å². The molecule has 0 aliphatic rings. The molecule has 0 aromatic heterocycles. The van der Waals surface area contributed by atoms with Crippen LogP contribution in [0, 0.1) is 17.9 Å². The second kappa shape index (κ2) is 9.28. The van der Waals surface area contributed by atoms with E-state index < -0.39 is 41.8 Å². The zero-order valence-corrected chi connectivity index (χ0v) is 15.1. The van der Waals surface area contributed by atoms with Crippen molar-refractivity contribution in [3.8, 4) is 6.07 Å². The second-order valence-electron chi connectivity index (χ2n) is 6.93. The molecule has 0 saturated carbocycles. The van der Waals surface area contributed by atoms with Gasteiger partial charge in [0.1, 0.15) is 12.2 Å². The van der Waals surface area contributed by atoms with Crippen molar-refractivity contribution < 1.29 is 29.5 Å². The molecular weight excluding hydrogens is 316 g/mol. The molecule has 0 bridgehead atoms. The van der Waals surface area contributed by atoms with Gasteiger partial charge >= 0.3 is 6.23 Å². The molecular formula is C16H28N2O6. The summed E-state index contributed by atoms with van der Waals surface area (Å²) in [5.41, 5.74) is -1.61. The Morgan fingerprint density at radius 3 is 2.08 bits per heavy atom. The van der Waals surface area contributed by atoms with Crippen LogP contribution in [0.4, 0.5) is 0 Å². The molecule has 3 unspecified atom stereocenters. The summed E-state index contributed by atoms with van der Waals surface area (Å²) in [5.74, 6) is 0. The van der Waals surface area contributed by atoms with Crippen molar-refractivity contribution in [2.75, 3.05) is 13.7 Å². The first-order chi connectivity index (χ1) is 10.9. The fourth-order valence-electron chi connectivity index (χ4n) is 1.80. The predicted octanol–water partition coefficient (Wildman–Crippen LogP) is 0.463. The molecule has 8 nitrogen and oxygen atoms in total. The van der Waals surface area contributed by atoms with Gasteiger partial charge in [-0.3, -0.25) is 4.85 Å². The summed E-state index contributed by atoms with van der Waals surface area (Å²) < 4.78 is 16.5. The third kappa shape index (κ3) is 7.10. The second-order valence-corrected chi connectivity index (χ2v) is 6.93. The average molecular weight is 344 g/mol. The maximum atomic E-state index is 10.1. The van der Waals surface area contributed by atoms with E-state index in [0.717, 1.165) is 0 Å². The van der Waals surface area contributed by atoms with Crippen molar-refractivity contribution in [1.82, 2.24) is 0 Å². The van der Waals surface area contributed by atoms with Crippen LogP contribution in [-0.2, 0) is 14.2 Å². The third-order valence-electron chi connectivity index (χ3n) is 3.45. The highest BCUT2D eigenvalue weighted by Gasteiger charge is 2.44. The number of rotatable bonds is 9. The van der Waals surface area contributed by atoms with Crippen LogP contribution in [0.15, 0.2) is 0 Å². The Balaban J connectivity index is 5.45. The molecule has 0 heterocycles. The van der Waals surface area contributed by atoms with Gasteiger partial charge in [0.2, 0.25) is 0 Å². The molecule has 0 aromatic carbocycles. The van der Waals surface area contributed by atoms with Crippen LogP contribution in [0.25, 0.3) is 4.85 Å². The highest BCUT2D eigenvalue weighted by molar-refractivity contribution is 4.96. The first kappa shape index (κ1) is 22.7. The highest BCUT2D eigenvalue weighted by atomic mass is 16.6. The molecule has 0 fully saturated rings. The van der Waals surface area contributed by atoms with E-state index in [0.29, 0.717) is 0 Å². The fourth-order valence-corrected chi connectivity index (χ4v) is 1.80. The monoisotopic (exact) mass is 344 g/mol. The molecule has 0 aromatic rings. The number of nitriles is 1. The van der Waals surface area contributed by atoms with E-state index in [1.54, 1.807) is 34.6 Å². The lowest BCUT2D eigenvalue weighted by Crippen LogP contribution is -2.53. The number of nitrogens with zero attached hydrogens (tertiary/aromatic N) is 2. The quantitative estimate of drug-likeness (QED) is 0.411. The molecule has 0 rings (SSSR count). The Labute approximate surface area is 143 Å². The van der Waals surface area contributed by atoms with Crippen LogP contribution >= 0.6 is 0 Å². The van der Waals surface area contributed by atoms with Gasteiger partial charge in [-0.05, 0) is 34.6 Å². The minimum atomic E-state index is -1.70. The number of methoxy groups -OCH3 is 1. The Hall–Kier alpha value is -1.26. The number of ether oxygens (including phenoxy) is 3. The van der Waals surface area contributed by atoms with Gasteiger partial charge in [0.05, 0.1) is 23.9 Å². The Morgan fingerprint density at radius 1 is 1.17 bits per heavy atom. The lowest BCUT2D eigenvalue weighted by molar-refractivity contribution is -0.209. The van der Waals surface area contributed by atoms with Crippen LogP contribution < -0.4 is 0 Å². The summed E-state index contributed by atoms with van der Waals surface area (Å²) >= 11 is 0. The number of aliphatic hydroxyl groups is 3. The van der Waals surface area contributed by atoms with E-state index in [4.69, 9.17) is 26.0 Å². The third-order valence-corrected chi connectivity index (χ3v) is 3.45. The van der Waals surface area contributed by atoms with Crippen molar-refractivity contribution in [2.45, 2.75) is 76.5 Å². The molecule has 3 N–H and O–H groups in total. The zero-order valence-electron chi connectivity index (χ0n) is 15.1. The Morgan fingerprint density at radius 2 is 1.71 bits per heavy atom. The first-order valence-corrected chi connectivity index (χ1v) is 7.54. The average Bonchev–Trinajstić information content (AvgIpc) is 2.51. The highest BCUT2D eigenvalue weighted by Crippen LogP contribution is 2.24. The van der Waals surface area contributed by atoms with Gasteiger partial charge in [0, 0.05) is 7.11 Å². The van der Waals surface area contributed by atoms with Gasteiger partial charge in [-0.25, -0.2) is 6.57 Å².